The third kappa shape index (κ3) is 56.7. The van der Waals surface area contributed by atoms with Gasteiger partial charge in [0.05, 0.1) is 39.9 Å². The number of rotatable bonds is 53. The van der Waals surface area contributed by atoms with Crippen LogP contribution in [0.25, 0.3) is 0 Å². The van der Waals surface area contributed by atoms with Crippen molar-refractivity contribution in [3.63, 3.8) is 0 Å². The Bertz CT molecular complexity index is 1550. The van der Waals surface area contributed by atoms with Crippen molar-refractivity contribution >= 4 is 13.7 Å². The average molecular weight is 1040 g/mol. The molecule has 0 fully saturated rings. The molecule has 0 heterocycles. The van der Waals surface area contributed by atoms with E-state index in [9.17, 15) is 19.4 Å². The van der Waals surface area contributed by atoms with Gasteiger partial charge in [-0.25, -0.2) is 4.57 Å². The maximum absolute atomic E-state index is 12.9. The molecule has 0 saturated heterocycles. The molecule has 0 bridgehead atoms. The first-order valence-electron chi connectivity index (χ1n) is 29.8. The number of aliphatic hydroxyl groups excluding tert-OH is 1. The van der Waals surface area contributed by atoms with Crippen molar-refractivity contribution in [1.82, 2.24) is 5.32 Å². The molecular formula is C64H114N2O6P+. The largest absolute Gasteiger partial charge is 0.472 e. The summed E-state index contributed by atoms with van der Waals surface area (Å²) in [5.41, 5.74) is 0. The van der Waals surface area contributed by atoms with Crippen LogP contribution in [0.3, 0.4) is 0 Å². The number of carbonyl (C=O) groups is 1. The van der Waals surface area contributed by atoms with Crippen LogP contribution in [-0.4, -0.2) is 73.4 Å². The van der Waals surface area contributed by atoms with Gasteiger partial charge in [-0.05, 0) is 89.9 Å². The van der Waals surface area contributed by atoms with Crippen molar-refractivity contribution < 1.29 is 32.9 Å². The summed E-state index contributed by atoms with van der Waals surface area (Å²) in [5, 5.41) is 13.8. The molecule has 8 nitrogen and oxygen atoms in total. The number of allylic oxidation sites excluding steroid dienone is 17. The number of likely N-dealkylation sites (N-methyl/N-ethyl adjacent to an activating group) is 1. The van der Waals surface area contributed by atoms with E-state index in [0.717, 1.165) is 83.5 Å². The second-order valence-corrected chi connectivity index (χ2v) is 22.4. The lowest BCUT2D eigenvalue weighted by Crippen LogP contribution is -2.45. The molecule has 0 aliphatic carbocycles. The van der Waals surface area contributed by atoms with Crippen LogP contribution in [0.5, 0.6) is 0 Å². The Morgan fingerprint density at radius 2 is 0.836 bits per heavy atom. The summed E-state index contributed by atoms with van der Waals surface area (Å²) < 4.78 is 23.6. The van der Waals surface area contributed by atoms with Crippen LogP contribution < -0.4 is 5.32 Å². The van der Waals surface area contributed by atoms with Crippen LogP contribution in [0.2, 0.25) is 0 Å². The van der Waals surface area contributed by atoms with Gasteiger partial charge in [0.2, 0.25) is 5.91 Å². The molecule has 1 amide bonds. The zero-order chi connectivity index (χ0) is 53.5. The maximum Gasteiger partial charge on any atom is 0.472 e. The smallest absolute Gasteiger partial charge is 0.387 e. The van der Waals surface area contributed by atoms with E-state index < -0.39 is 20.0 Å². The number of phosphoric ester groups is 1. The second kappa shape index (κ2) is 54.0. The van der Waals surface area contributed by atoms with E-state index in [0.29, 0.717) is 17.4 Å². The topological polar surface area (TPSA) is 105 Å². The van der Waals surface area contributed by atoms with Gasteiger partial charge in [-0.1, -0.05) is 252 Å². The summed E-state index contributed by atoms with van der Waals surface area (Å²) in [6.07, 6.45) is 79.4. The minimum atomic E-state index is -4.35. The van der Waals surface area contributed by atoms with Gasteiger partial charge in [-0.15, -0.1) is 0 Å². The van der Waals surface area contributed by atoms with Crippen molar-refractivity contribution in [2.45, 2.75) is 251 Å². The number of quaternary nitrogens is 1. The predicted molar refractivity (Wildman–Crippen MR) is 318 cm³/mol. The number of unbranched alkanes of at least 4 members (excludes halogenated alkanes) is 24. The predicted octanol–water partition coefficient (Wildman–Crippen LogP) is 18.4. The summed E-state index contributed by atoms with van der Waals surface area (Å²) >= 11 is 0. The number of hydrogen-bond acceptors (Lipinski definition) is 5. The minimum absolute atomic E-state index is 0.0534. The molecule has 73 heavy (non-hydrogen) atoms. The highest BCUT2D eigenvalue weighted by Gasteiger charge is 2.27. The first-order chi connectivity index (χ1) is 35.5. The summed E-state index contributed by atoms with van der Waals surface area (Å²) in [6, 6.07) is -0.865. The van der Waals surface area contributed by atoms with Gasteiger partial charge in [0.15, 0.2) is 0 Å². The number of aliphatic hydroxyl groups is 1. The Balaban J connectivity index is 3.90. The minimum Gasteiger partial charge on any atom is -0.387 e. The van der Waals surface area contributed by atoms with Crippen LogP contribution in [0.4, 0.5) is 0 Å². The van der Waals surface area contributed by atoms with Gasteiger partial charge in [0.25, 0.3) is 0 Å². The Morgan fingerprint density at radius 3 is 1.26 bits per heavy atom. The van der Waals surface area contributed by atoms with Crippen LogP contribution in [0.15, 0.2) is 109 Å². The molecule has 0 rings (SSSR count). The molecule has 9 heteroatoms. The zero-order valence-electron chi connectivity index (χ0n) is 47.8. The first-order valence-corrected chi connectivity index (χ1v) is 31.3. The highest BCUT2D eigenvalue weighted by atomic mass is 31.2. The van der Waals surface area contributed by atoms with Crippen molar-refractivity contribution in [2.75, 3.05) is 40.9 Å². The normalized spacial score (nSPS) is 14.7. The quantitative estimate of drug-likeness (QED) is 0.0243. The fourth-order valence-electron chi connectivity index (χ4n) is 8.10. The number of hydrogen-bond donors (Lipinski definition) is 3. The second-order valence-electron chi connectivity index (χ2n) is 21.0. The molecule has 0 aliphatic rings. The molecule has 0 saturated carbocycles. The average Bonchev–Trinajstić information content (AvgIpc) is 3.35. The van der Waals surface area contributed by atoms with E-state index in [2.05, 4.69) is 116 Å². The van der Waals surface area contributed by atoms with Crippen LogP contribution in [-0.2, 0) is 18.4 Å². The van der Waals surface area contributed by atoms with Crippen molar-refractivity contribution in [3.05, 3.63) is 109 Å². The summed E-state index contributed by atoms with van der Waals surface area (Å²) in [4.78, 5) is 23.2. The van der Waals surface area contributed by atoms with Gasteiger partial charge < -0.3 is 19.8 Å². The molecule has 0 aromatic carbocycles. The Hall–Kier alpha value is -2.84. The number of amides is 1. The highest BCUT2D eigenvalue weighted by molar-refractivity contribution is 7.47. The fraction of sp³-hybridized carbons (Fsp3) is 0.703. The molecule has 0 aromatic rings. The van der Waals surface area contributed by atoms with Gasteiger partial charge in [0.1, 0.15) is 13.2 Å². The molecule has 0 spiro atoms. The lowest BCUT2D eigenvalue weighted by atomic mass is 10.0. The molecule has 3 N–H and O–H groups in total. The maximum atomic E-state index is 12.9. The van der Waals surface area contributed by atoms with Gasteiger partial charge in [-0.2, -0.15) is 0 Å². The molecule has 0 aromatic heterocycles. The van der Waals surface area contributed by atoms with Crippen LogP contribution in [0, 0.1) is 0 Å². The summed E-state index contributed by atoms with van der Waals surface area (Å²) in [5.74, 6) is -0.190. The lowest BCUT2D eigenvalue weighted by molar-refractivity contribution is -0.870. The summed E-state index contributed by atoms with van der Waals surface area (Å²) in [6.45, 7) is 4.63. The van der Waals surface area contributed by atoms with Gasteiger partial charge in [0, 0.05) is 6.42 Å². The number of phosphoric acid groups is 1. The van der Waals surface area contributed by atoms with Gasteiger partial charge in [-0.3, -0.25) is 13.8 Å². The van der Waals surface area contributed by atoms with E-state index >= 15 is 0 Å². The Morgan fingerprint density at radius 1 is 0.479 bits per heavy atom. The molecule has 420 valence electrons. The number of nitrogens with one attached hydrogen (secondary N) is 1. The third-order valence-corrected chi connectivity index (χ3v) is 13.7. The van der Waals surface area contributed by atoms with E-state index in [1.54, 1.807) is 6.08 Å². The van der Waals surface area contributed by atoms with Crippen LogP contribution >= 0.6 is 7.82 Å². The molecular weight excluding hydrogens is 924 g/mol. The van der Waals surface area contributed by atoms with E-state index in [1.165, 1.54) is 135 Å². The molecule has 0 radical (unpaired) electrons. The standard InChI is InChI=1S/C64H113N2O6P/c1-6-8-10-12-14-16-18-19-20-21-22-23-24-25-26-27-28-29-30-31-32-33-34-35-36-37-38-39-40-41-42-43-44-45-46-47-48-50-52-54-56-58-64(68)65-62(61-72-73(69,70)71-60-59-66(3,4)5)63(67)57-55-53-51-49-17-15-13-11-9-7-2/h8,10,14,16-17,19-20,22-23,25-26,28-29,31-32,49,55,57,62-63,67H,6-7,9,11-13,15,18,21,24,27,30,33-48,50-54,56,58-61H2,1-5H3,(H-,65,68,69,70)/p+1/b10-8-,16-14-,20-19-,23-22-,26-25-,29-28-,32-31-,49-17+,57-55+. The monoisotopic (exact) mass is 1040 g/mol. The van der Waals surface area contributed by atoms with Gasteiger partial charge >= 0.3 is 7.82 Å². The molecule has 0 aliphatic heterocycles. The van der Waals surface area contributed by atoms with E-state index in [1.807, 2.05) is 27.2 Å². The van der Waals surface area contributed by atoms with E-state index in [4.69, 9.17) is 9.05 Å². The Labute approximate surface area is 451 Å². The van der Waals surface area contributed by atoms with Crippen molar-refractivity contribution in [3.8, 4) is 0 Å². The van der Waals surface area contributed by atoms with Crippen molar-refractivity contribution in [1.29, 1.82) is 0 Å². The Kier molecular flexibility index (Phi) is 51.9. The van der Waals surface area contributed by atoms with Crippen LogP contribution in [0.1, 0.15) is 239 Å². The zero-order valence-corrected chi connectivity index (χ0v) is 48.7. The first kappa shape index (κ1) is 70.2. The number of carbonyl (C=O) groups excluding carboxylic acids is 1. The highest BCUT2D eigenvalue weighted by Crippen LogP contribution is 2.43. The van der Waals surface area contributed by atoms with Crippen molar-refractivity contribution in [2.24, 2.45) is 0 Å². The number of nitrogens with zero attached hydrogens (tertiary/aromatic N) is 1. The molecule has 3 unspecified atom stereocenters. The third-order valence-electron chi connectivity index (χ3n) is 12.7. The van der Waals surface area contributed by atoms with E-state index in [-0.39, 0.29) is 19.1 Å². The SMILES string of the molecule is CC/C=C\C/C=C\C/C=C\C/C=C\C/C=C\C/C=C\C/C=C\CCCCCCCCCCCCCCCCCCCCCC(=O)NC(COP(=O)(O)OCC[N+](C)(C)C)C(O)/C=C/CC/C=C/CCCCCC. The fourth-order valence-corrected chi connectivity index (χ4v) is 8.83. The lowest BCUT2D eigenvalue weighted by Gasteiger charge is -2.25. The summed E-state index contributed by atoms with van der Waals surface area (Å²) in [7, 11) is 1.55. The molecule has 3 atom stereocenters.